The molecule has 0 aromatic rings. The maximum absolute atomic E-state index is 8.47. The first-order valence-electron chi connectivity index (χ1n) is 8.06. The van der Waals surface area contributed by atoms with E-state index in [2.05, 4.69) is 5.32 Å². The Morgan fingerprint density at radius 3 is 1.23 bits per heavy atom. The van der Waals surface area contributed by atoms with Crippen LogP contribution in [0.5, 0.6) is 0 Å². The van der Waals surface area contributed by atoms with Gasteiger partial charge in [0.1, 0.15) is 0 Å². The van der Waals surface area contributed by atoms with Crippen molar-refractivity contribution in [1.82, 2.24) is 5.32 Å². The standard InChI is InChI=1S/C13H29NO6.C2H6/c1-14-2-4-16-6-8-18-10-12-20-13-11-19-9-7-17-5-3-15;1-2/h14-15H,2-13H2,1H3;1-2H3. The van der Waals surface area contributed by atoms with E-state index >= 15 is 0 Å². The first-order chi connectivity index (χ1) is 10.9. The van der Waals surface area contributed by atoms with Gasteiger partial charge in [0.2, 0.25) is 0 Å². The normalized spacial score (nSPS) is 10.4. The molecule has 22 heavy (non-hydrogen) atoms. The average Bonchev–Trinajstić information content (AvgIpc) is 2.56. The molecule has 0 radical (unpaired) electrons. The Morgan fingerprint density at radius 2 is 0.909 bits per heavy atom. The Balaban J connectivity index is 0. The van der Waals surface area contributed by atoms with Crippen LogP contribution in [0, 0.1) is 0 Å². The second kappa shape index (κ2) is 25.7. The van der Waals surface area contributed by atoms with Crippen molar-refractivity contribution in [3.05, 3.63) is 0 Å². The summed E-state index contributed by atoms with van der Waals surface area (Å²) in [5.74, 6) is 0. The molecule has 0 atom stereocenters. The van der Waals surface area contributed by atoms with E-state index in [1.807, 2.05) is 20.9 Å². The lowest BCUT2D eigenvalue weighted by molar-refractivity contribution is -0.0130. The topological polar surface area (TPSA) is 78.4 Å². The van der Waals surface area contributed by atoms with Gasteiger partial charge < -0.3 is 34.1 Å². The molecule has 0 aromatic carbocycles. The second-order valence-electron chi connectivity index (χ2n) is 3.89. The average molecular weight is 325 g/mol. The highest BCUT2D eigenvalue weighted by Gasteiger charge is 1.93. The van der Waals surface area contributed by atoms with Gasteiger partial charge in [0.15, 0.2) is 0 Å². The molecule has 136 valence electrons. The predicted octanol–water partition coefficient (Wildman–Crippen LogP) is 0.307. The molecular formula is C15H35NO6. The van der Waals surface area contributed by atoms with Gasteiger partial charge in [0.05, 0.1) is 72.7 Å². The highest BCUT2D eigenvalue weighted by atomic mass is 16.6. The highest BCUT2D eigenvalue weighted by molar-refractivity contribution is 4.37. The maximum Gasteiger partial charge on any atom is 0.0701 e. The molecule has 0 fully saturated rings. The maximum atomic E-state index is 8.47. The number of ether oxygens (including phenoxy) is 5. The van der Waals surface area contributed by atoms with Gasteiger partial charge in [0, 0.05) is 6.54 Å². The molecule has 0 unspecified atom stereocenters. The molecule has 2 N–H and O–H groups in total. The van der Waals surface area contributed by atoms with Crippen LogP contribution < -0.4 is 5.32 Å². The monoisotopic (exact) mass is 325 g/mol. The number of hydrogen-bond acceptors (Lipinski definition) is 7. The molecule has 0 saturated heterocycles. The predicted molar refractivity (Wildman–Crippen MR) is 86.5 cm³/mol. The summed E-state index contributed by atoms with van der Waals surface area (Å²) in [6, 6.07) is 0. The quantitative estimate of drug-likeness (QED) is 0.373. The van der Waals surface area contributed by atoms with E-state index in [0.29, 0.717) is 66.1 Å². The van der Waals surface area contributed by atoms with Crippen molar-refractivity contribution in [2.24, 2.45) is 0 Å². The van der Waals surface area contributed by atoms with Crippen molar-refractivity contribution < 1.29 is 28.8 Å². The summed E-state index contributed by atoms with van der Waals surface area (Å²) in [5, 5.41) is 11.5. The summed E-state index contributed by atoms with van der Waals surface area (Å²) >= 11 is 0. The molecule has 7 heteroatoms. The lowest BCUT2D eigenvalue weighted by Gasteiger charge is -2.07. The van der Waals surface area contributed by atoms with Crippen molar-refractivity contribution >= 4 is 0 Å². The van der Waals surface area contributed by atoms with Crippen LogP contribution in [0.3, 0.4) is 0 Å². The fourth-order valence-electron chi connectivity index (χ4n) is 1.22. The molecule has 0 aliphatic heterocycles. The fraction of sp³-hybridized carbons (Fsp3) is 1.00. The Kier molecular flexibility index (Phi) is 28.0. The van der Waals surface area contributed by atoms with Gasteiger partial charge in [-0.2, -0.15) is 0 Å². The molecule has 0 aliphatic carbocycles. The molecule has 0 heterocycles. The van der Waals surface area contributed by atoms with E-state index in [4.69, 9.17) is 28.8 Å². The van der Waals surface area contributed by atoms with Crippen molar-refractivity contribution in [3.63, 3.8) is 0 Å². The molecule has 0 saturated carbocycles. The third-order valence-corrected chi connectivity index (χ3v) is 2.22. The van der Waals surface area contributed by atoms with E-state index < -0.39 is 0 Å². The van der Waals surface area contributed by atoms with E-state index in [-0.39, 0.29) is 6.61 Å². The SMILES string of the molecule is CC.CNCCOCCOCCOCCOCCOCCO. The Hall–Kier alpha value is -0.280. The minimum Gasteiger partial charge on any atom is -0.394 e. The molecule has 0 amide bonds. The molecule has 0 aliphatic rings. The van der Waals surface area contributed by atoms with E-state index in [9.17, 15) is 0 Å². The van der Waals surface area contributed by atoms with Crippen LogP contribution >= 0.6 is 0 Å². The number of aliphatic hydroxyl groups is 1. The molecule has 0 aromatic heterocycles. The van der Waals surface area contributed by atoms with Gasteiger partial charge in [-0.25, -0.2) is 0 Å². The molecular weight excluding hydrogens is 290 g/mol. The second-order valence-corrected chi connectivity index (χ2v) is 3.89. The van der Waals surface area contributed by atoms with E-state index in [1.165, 1.54) is 0 Å². The zero-order chi connectivity index (χ0) is 16.7. The Labute approximate surface area is 135 Å². The number of nitrogens with one attached hydrogen (secondary N) is 1. The zero-order valence-corrected chi connectivity index (χ0v) is 14.5. The summed E-state index contributed by atoms with van der Waals surface area (Å²) in [6.45, 7) is 10.4. The first-order valence-corrected chi connectivity index (χ1v) is 8.06. The van der Waals surface area contributed by atoms with Crippen LogP contribution in [0.2, 0.25) is 0 Å². The zero-order valence-electron chi connectivity index (χ0n) is 14.5. The lowest BCUT2D eigenvalue weighted by Crippen LogP contribution is -2.17. The summed E-state index contributed by atoms with van der Waals surface area (Å²) in [4.78, 5) is 0. The largest absolute Gasteiger partial charge is 0.394 e. The van der Waals surface area contributed by atoms with Crippen molar-refractivity contribution in [1.29, 1.82) is 0 Å². The van der Waals surface area contributed by atoms with Crippen molar-refractivity contribution in [2.75, 3.05) is 86.3 Å². The van der Waals surface area contributed by atoms with Gasteiger partial charge in [-0.05, 0) is 7.05 Å². The lowest BCUT2D eigenvalue weighted by atomic mass is 10.6. The van der Waals surface area contributed by atoms with E-state index in [0.717, 1.165) is 6.54 Å². The third kappa shape index (κ3) is 24.7. The molecule has 0 rings (SSSR count). The van der Waals surface area contributed by atoms with Crippen LogP contribution in [0.1, 0.15) is 13.8 Å². The first kappa shape index (κ1) is 24.0. The van der Waals surface area contributed by atoms with E-state index in [1.54, 1.807) is 0 Å². The number of likely N-dealkylation sites (N-methyl/N-ethyl adjacent to an activating group) is 1. The number of hydrogen-bond donors (Lipinski definition) is 2. The fourth-order valence-corrected chi connectivity index (χ4v) is 1.22. The van der Waals surface area contributed by atoms with Gasteiger partial charge in [-0.15, -0.1) is 0 Å². The van der Waals surface area contributed by atoms with Gasteiger partial charge in [0.25, 0.3) is 0 Å². The summed E-state index contributed by atoms with van der Waals surface area (Å²) in [6.07, 6.45) is 0. The Bertz CT molecular complexity index is 156. The summed E-state index contributed by atoms with van der Waals surface area (Å²) in [7, 11) is 1.89. The molecule has 0 spiro atoms. The van der Waals surface area contributed by atoms with Gasteiger partial charge >= 0.3 is 0 Å². The highest BCUT2D eigenvalue weighted by Crippen LogP contribution is 1.83. The third-order valence-electron chi connectivity index (χ3n) is 2.22. The summed E-state index contributed by atoms with van der Waals surface area (Å²) in [5.41, 5.74) is 0. The van der Waals surface area contributed by atoms with Crippen LogP contribution in [-0.2, 0) is 23.7 Å². The summed E-state index contributed by atoms with van der Waals surface area (Å²) < 4.78 is 26.3. The molecule has 7 nitrogen and oxygen atoms in total. The number of rotatable bonds is 17. The van der Waals surface area contributed by atoms with Gasteiger partial charge in [-0.3, -0.25) is 0 Å². The molecule has 0 bridgehead atoms. The smallest absolute Gasteiger partial charge is 0.0701 e. The van der Waals surface area contributed by atoms with Crippen molar-refractivity contribution in [3.8, 4) is 0 Å². The number of aliphatic hydroxyl groups excluding tert-OH is 1. The van der Waals surface area contributed by atoms with Crippen molar-refractivity contribution in [2.45, 2.75) is 13.8 Å². The van der Waals surface area contributed by atoms with Crippen LogP contribution in [0.25, 0.3) is 0 Å². The van der Waals surface area contributed by atoms with Crippen LogP contribution in [0.15, 0.2) is 0 Å². The van der Waals surface area contributed by atoms with Gasteiger partial charge in [-0.1, -0.05) is 13.8 Å². The minimum atomic E-state index is 0.0453. The minimum absolute atomic E-state index is 0.0453. The van der Waals surface area contributed by atoms with Crippen LogP contribution in [-0.4, -0.2) is 91.4 Å². The Morgan fingerprint density at radius 1 is 0.591 bits per heavy atom. The van der Waals surface area contributed by atoms with Crippen LogP contribution in [0.4, 0.5) is 0 Å².